The van der Waals surface area contributed by atoms with Gasteiger partial charge in [-0.25, -0.2) is 0 Å². The van der Waals surface area contributed by atoms with E-state index in [0.29, 0.717) is 22.5 Å². The lowest BCUT2D eigenvalue weighted by Crippen LogP contribution is -2.57. The van der Waals surface area contributed by atoms with Crippen molar-refractivity contribution in [2.24, 2.45) is 5.92 Å². The Kier molecular flexibility index (Phi) is 3.83. The van der Waals surface area contributed by atoms with Gasteiger partial charge in [-0.05, 0) is 66.0 Å². The quantitative estimate of drug-likeness (QED) is 0.895. The molecule has 1 atom stereocenters. The molecule has 19 heavy (non-hydrogen) atoms. The van der Waals surface area contributed by atoms with Crippen molar-refractivity contribution >= 4 is 33.4 Å². The number of piperidine rings is 3. The molecule has 1 amide bonds. The average molecular weight is 344 g/mol. The molecule has 3 heterocycles. The minimum Gasteiger partial charge on any atom is -0.348 e. The highest BCUT2D eigenvalue weighted by atomic mass is 79.9. The van der Waals surface area contributed by atoms with Gasteiger partial charge in [0.15, 0.2) is 0 Å². The number of nitrogens with one attached hydrogen (secondary N) is 1. The molecule has 3 aliphatic heterocycles. The predicted molar refractivity (Wildman–Crippen MR) is 79.6 cm³/mol. The van der Waals surface area contributed by atoms with Crippen LogP contribution >= 0.6 is 27.5 Å². The molecule has 4 rings (SSSR count). The van der Waals surface area contributed by atoms with Crippen LogP contribution in [-0.4, -0.2) is 36.5 Å². The molecule has 3 saturated heterocycles. The summed E-state index contributed by atoms with van der Waals surface area (Å²) in [4.78, 5) is 14.7. The molecule has 5 heteroatoms. The third-order valence-electron chi connectivity index (χ3n) is 4.15. The minimum absolute atomic E-state index is 0.00360. The van der Waals surface area contributed by atoms with Gasteiger partial charge in [-0.3, -0.25) is 4.79 Å². The highest BCUT2D eigenvalue weighted by Crippen LogP contribution is 2.28. The maximum absolute atomic E-state index is 12.3. The van der Waals surface area contributed by atoms with Crippen LogP contribution in [0.2, 0.25) is 5.02 Å². The fourth-order valence-corrected chi connectivity index (χ4v) is 3.51. The first-order valence-electron chi connectivity index (χ1n) is 6.62. The van der Waals surface area contributed by atoms with Crippen molar-refractivity contribution in [1.82, 2.24) is 10.2 Å². The molecule has 3 fully saturated rings. The number of nitrogens with zero attached hydrogens (tertiary/aromatic N) is 1. The zero-order valence-corrected chi connectivity index (χ0v) is 12.9. The van der Waals surface area contributed by atoms with E-state index in [0.717, 1.165) is 11.0 Å². The van der Waals surface area contributed by atoms with Crippen LogP contribution in [-0.2, 0) is 0 Å². The number of halogens is 2. The van der Waals surface area contributed by atoms with Crippen LogP contribution in [0.25, 0.3) is 0 Å². The zero-order chi connectivity index (χ0) is 13.4. The van der Waals surface area contributed by atoms with E-state index in [-0.39, 0.29) is 5.91 Å². The standard InChI is InChI=1S/C14H16BrClN2O/c15-11-7-10(1-2-12(11)16)14(19)17-13-8-18-5-3-9(13)4-6-18/h1-2,7,9,13H,3-6,8H2,(H,17,19). The van der Waals surface area contributed by atoms with E-state index >= 15 is 0 Å². The maximum atomic E-state index is 12.3. The molecule has 3 aliphatic rings. The second kappa shape index (κ2) is 5.43. The van der Waals surface area contributed by atoms with Gasteiger partial charge in [0.05, 0.1) is 5.02 Å². The molecule has 0 aromatic heterocycles. The highest BCUT2D eigenvalue weighted by molar-refractivity contribution is 9.10. The van der Waals surface area contributed by atoms with Gasteiger partial charge < -0.3 is 10.2 Å². The topological polar surface area (TPSA) is 32.3 Å². The minimum atomic E-state index is -0.00360. The molecule has 3 nitrogen and oxygen atoms in total. The Morgan fingerprint density at radius 2 is 2.11 bits per heavy atom. The van der Waals surface area contributed by atoms with E-state index in [9.17, 15) is 4.79 Å². The number of hydrogen-bond donors (Lipinski definition) is 1. The summed E-state index contributed by atoms with van der Waals surface area (Å²) in [6, 6.07) is 5.59. The van der Waals surface area contributed by atoms with E-state index in [1.54, 1.807) is 18.2 Å². The first-order chi connectivity index (χ1) is 9.13. The van der Waals surface area contributed by atoms with E-state index in [1.165, 1.54) is 25.9 Å². The Morgan fingerprint density at radius 1 is 1.37 bits per heavy atom. The molecule has 0 saturated carbocycles. The van der Waals surface area contributed by atoms with Crippen LogP contribution in [0, 0.1) is 5.92 Å². The normalized spacial score (nSPS) is 29.3. The average Bonchev–Trinajstić information content (AvgIpc) is 2.43. The number of rotatable bonds is 2. The number of hydrogen-bond acceptors (Lipinski definition) is 2. The lowest BCUT2D eigenvalue weighted by Gasteiger charge is -2.44. The van der Waals surface area contributed by atoms with Crippen LogP contribution in [0.5, 0.6) is 0 Å². The molecule has 102 valence electrons. The number of carbonyl (C=O) groups is 1. The summed E-state index contributed by atoms with van der Waals surface area (Å²) in [6.45, 7) is 3.36. The molecule has 0 radical (unpaired) electrons. The Balaban J connectivity index is 1.69. The van der Waals surface area contributed by atoms with Gasteiger partial charge in [-0.2, -0.15) is 0 Å². The molecular formula is C14H16BrClN2O. The Bertz CT molecular complexity index is 500. The van der Waals surface area contributed by atoms with Crippen molar-refractivity contribution in [2.45, 2.75) is 18.9 Å². The van der Waals surface area contributed by atoms with Crippen LogP contribution < -0.4 is 5.32 Å². The van der Waals surface area contributed by atoms with E-state index < -0.39 is 0 Å². The zero-order valence-electron chi connectivity index (χ0n) is 10.5. The lowest BCUT2D eigenvalue weighted by molar-refractivity contribution is 0.0620. The summed E-state index contributed by atoms with van der Waals surface area (Å²) in [5, 5.41) is 3.79. The van der Waals surface area contributed by atoms with Crippen molar-refractivity contribution < 1.29 is 4.79 Å². The maximum Gasteiger partial charge on any atom is 0.251 e. The summed E-state index contributed by atoms with van der Waals surface area (Å²) >= 11 is 9.30. The largest absolute Gasteiger partial charge is 0.348 e. The third-order valence-corrected chi connectivity index (χ3v) is 5.37. The molecule has 0 spiro atoms. The van der Waals surface area contributed by atoms with Gasteiger partial charge in [0, 0.05) is 22.6 Å². The third kappa shape index (κ3) is 2.81. The van der Waals surface area contributed by atoms with Gasteiger partial charge in [0.2, 0.25) is 0 Å². The summed E-state index contributed by atoms with van der Waals surface area (Å²) in [5.74, 6) is 0.640. The lowest BCUT2D eigenvalue weighted by atomic mass is 9.84. The molecule has 1 unspecified atom stereocenters. The molecular weight excluding hydrogens is 328 g/mol. The summed E-state index contributed by atoms with van der Waals surface area (Å²) in [7, 11) is 0. The Hall–Kier alpha value is -0.580. The number of carbonyl (C=O) groups excluding carboxylic acids is 1. The monoisotopic (exact) mass is 342 g/mol. The smallest absolute Gasteiger partial charge is 0.251 e. The van der Waals surface area contributed by atoms with Crippen LogP contribution in [0.1, 0.15) is 23.2 Å². The van der Waals surface area contributed by atoms with E-state index in [2.05, 4.69) is 26.1 Å². The van der Waals surface area contributed by atoms with Crippen LogP contribution in [0.4, 0.5) is 0 Å². The number of benzene rings is 1. The molecule has 0 aliphatic carbocycles. The van der Waals surface area contributed by atoms with Gasteiger partial charge in [-0.1, -0.05) is 11.6 Å². The molecule has 1 aromatic carbocycles. The Morgan fingerprint density at radius 3 is 2.68 bits per heavy atom. The summed E-state index contributed by atoms with van der Waals surface area (Å²) in [6.07, 6.45) is 2.41. The Labute approximate surface area is 126 Å². The highest BCUT2D eigenvalue weighted by Gasteiger charge is 2.34. The van der Waals surface area contributed by atoms with E-state index in [4.69, 9.17) is 11.6 Å². The predicted octanol–water partition coefficient (Wildman–Crippen LogP) is 2.93. The second-order valence-electron chi connectivity index (χ2n) is 5.35. The van der Waals surface area contributed by atoms with Crippen molar-refractivity contribution in [3.05, 3.63) is 33.3 Å². The summed E-state index contributed by atoms with van der Waals surface area (Å²) < 4.78 is 0.760. The van der Waals surface area contributed by atoms with Crippen molar-refractivity contribution in [3.8, 4) is 0 Å². The molecule has 1 N–H and O–H groups in total. The van der Waals surface area contributed by atoms with Crippen LogP contribution in [0.15, 0.2) is 22.7 Å². The van der Waals surface area contributed by atoms with Crippen molar-refractivity contribution in [1.29, 1.82) is 0 Å². The first kappa shape index (κ1) is 13.4. The van der Waals surface area contributed by atoms with Gasteiger partial charge in [-0.15, -0.1) is 0 Å². The molecule has 1 aromatic rings. The van der Waals surface area contributed by atoms with Gasteiger partial charge in [0.1, 0.15) is 0 Å². The SMILES string of the molecule is O=C(NC1CN2CCC1CC2)c1ccc(Cl)c(Br)c1. The first-order valence-corrected chi connectivity index (χ1v) is 7.79. The van der Waals surface area contributed by atoms with Gasteiger partial charge >= 0.3 is 0 Å². The van der Waals surface area contributed by atoms with Crippen LogP contribution in [0.3, 0.4) is 0 Å². The molecule has 2 bridgehead atoms. The van der Waals surface area contributed by atoms with E-state index in [1.807, 2.05) is 0 Å². The van der Waals surface area contributed by atoms with Crippen molar-refractivity contribution in [2.75, 3.05) is 19.6 Å². The number of fused-ring (bicyclic) bond motifs is 3. The van der Waals surface area contributed by atoms with Gasteiger partial charge in [0.25, 0.3) is 5.91 Å². The number of amides is 1. The fraction of sp³-hybridized carbons (Fsp3) is 0.500. The van der Waals surface area contributed by atoms with Crippen molar-refractivity contribution in [3.63, 3.8) is 0 Å². The summed E-state index contributed by atoms with van der Waals surface area (Å²) in [5.41, 5.74) is 0.660. The second-order valence-corrected chi connectivity index (χ2v) is 6.61. The fourth-order valence-electron chi connectivity index (χ4n) is 3.02.